The molecule has 112 valence electrons. The second kappa shape index (κ2) is 5.02. The minimum absolute atomic E-state index is 0.00273. The van der Waals surface area contributed by atoms with Crippen molar-refractivity contribution in [2.75, 3.05) is 5.32 Å². The summed E-state index contributed by atoms with van der Waals surface area (Å²) in [6, 6.07) is 10.5. The predicted molar refractivity (Wildman–Crippen MR) is 85.8 cm³/mol. The Morgan fingerprint density at radius 1 is 0.913 bits per heavy atom. The van der Waals surface area contributed by atoms with E-state index in [1.807, 2.05) is 24.3 Å². The molecule has 0 aliphatic rings. The number of para-hydroxylation sites is 2. The predicted octanol–water partition coefficient (Wildman–Crippen LogP) is 1.30. The van der Waals surface area contributed by atoms with Crippen molar-refractivity contribution in [1.29, 1.82) is 0 Å². The molecule has 4 rings (SSSR count). The summed E-state index contributed by atoms with van der Waals surface area (Å²) in [6.07, 6.45) is 1.45. The minimum atomic E-state index is -0.551. The highest BCUT2D eigenvalue weighted by Crippen LogP contribution is 2.15. The van der Waals surface area contributed by atoms with E-state index >= 15 is 0 Å². The van der Waals surface area contributed by atoms with Gasteiger partial charge in [-0.2, -0.15) is 4.98 Å². The standard InChI is InChI=1S/C15H10N6O2/c22-12-8-4-3-7-16-11(8)13(23)20-15(19-12)21-14-17-9-5-1-2-6-10(9)18-14/h1-7H,(H3,17,18,19,20,21,22,23). The molecule has 0 amide bonds. The highest BCUT2D eigenvalue weighted by Gasteiger charge is 2.07. The Hall–Kier alpha value is -3.55. The lowest BCUT2D eigenvalue weighted by Gasteiger charge is -1.96. The molecule has 3 heterocycles. The summed E-state index contributed by atoms with van der Waals surface area (Å²) in [5.41, 5.74) is 0.570. The Bertz CT molecular complexity index is 1060. The molecule has 8 nitrogen and oxygen atoms in total. The number of rotatable bonds is 2. The molecule has 0 unspecified atom stereocenters. The average molecular weight is 306 g/mol. The van der Waals surface area contributed by atoms with Crippen molar-refractivity contribution in [1.82, 2.24) is 24.9 Å². The lowest BCUT2D eigenvalue weighted by Crippen LogP contribution is -2.07. The first kappa shape index (κ1) is 13.1. The number of nitrogens with one attached hydrogen (secondary N) is 3. The summed E-state index contributed by atoms with van der Waals surface area (Å²) >= 11 is 0. The van der Waals surface area contributed by atoms with Crippen LogP contribution in [0.3, 0.4) is 0 Å². The number of fused-ring (bicyclic) bond motifs is 2. The smallest absolute Gasteiger partial charge is 0.282 e. The Labute approximate surface area is 128 Å². The van der Waals surface area contributed by atoms with Crippen molar-refractivity contribution in [3.63, 3.8) is 0 Å². The monoisotopic (exact) mass is 306 g/mol. The van der Waals surface area contributed by atoms with Gasteiger partial charge in [0.2, 0.25) is 11.9 Å². The van der Waals surface area contributed by atoms with Gasteiger partial charge in [0.15, 0.2) is 0 Å². The summed E-state index contributed by atoms with van der Waals surface area (Å²) in [7, 11) is 0. The molecule has 23 heavy (non-hydrogen) atoms. The van der Waals surface area contributed by atoms with Crippen LogP contribution in [0, 0.1) is 0 Å². The van der Waals surface area contributed by atoms with Crippen LogP contribution in [0.2, 0.25) is 0 Å². The van der Waals surface area contributed by atoms with E-state index in [4.69, 9.17) is 0 Å². The fraction of sp³-hybridized carbons (Fsp3) is 0. The topological polar surface area (TPSA) is 116 Å². The van der Waals surface area contributed by atoms with Crippen LogP contribution < -0.4 is 16.4 Å². The Kier molecular flexibility index (Phi) is 2.87. The van der Waals surface area contributed by atoms with Gasteiger partial charge in [-0.3, -0.25) is 24.9 Å². The Balaban J connectivity index is 1.86. The van der Waals surface area contributed by atoms with Crippen LogP contribution in [0.4, 0.5) is 11.9 Å². The number of aromatic amines is 2. The van der Waals surface area contributed by atoms with Gasteiger partial charge in [0.1, 0.15) is 5.52 Å². The van der Waals surface area contributed by atoms with Crippen LogP contribution in [0.5, 0.6) is 0 Å². The summed E-state index contributed by atoms with van der Waals surface area (Å²) in [6.45, 7) is 0. The first-order valence-corrected chi connectivity index (χ1v) is 6.82. The number of imidazole rings is 1. The zero-order valence-electron chi connectivity index (χ0n) is 11.7. The van der Waals surface area contributed by atoms with Crippen LogP contribution in [0.1, 0.15) is 0 Å². The molecule has 0 radical (unpaired) electrons. The maximum absolute atomic E-state index is 12.1. The number of pyridine rings is 1. The van der Waals surface area contributed by atoms with Gasteiger partial charge in [0, 0.05) is 6.20 Å². The average Bonchev–Trinajstić information content (AvgIpc) is 2.91. The highest BCUT2D eigenvalue weighted by molar-refractivity contribution is 5.78. The number of nitrogens with zero attached hydrogens (tertiary/aromatic N) is 3. The zero-order valence-corrected chi connectivity index (χ0v) is 11.7. The number of benzene rings is 1. The number of aromatic nitrogens is 5. The Morgan fingerprint density at radius 2 is 1.74 bits per heavy atom. The van der Waals surface area contributed by atoms with Crippen molar-refractivity contribution in [3.8, 4) is 0 Å². The molecule has 4 aromatic rings. The SMILES string of the molecule is O=c1nc(Nc2nc3ccccc3[nH]2)[nH]c(=O)c2ncccc12. The largest absolute Gasteiger partial charge is 0.324 e. The van der Waals surface area contributed by atoms with E-state index in [1.165, 1.54) is 12.3 Å². The van der Waals surface area contributed by atoms with Gasteiger partial charge in [-0.15, -0.1) is 0 Å². The fourth-order valence-electron chi connectivity index (χ4n) is 2.30. The van der Waals surface area contributed by atoms with Crippen LogP contribution in [0.25, 0.3) is 21.9 Å². The molecule has 0 atom stereocenters. The second-order valence-electron chi connectivity index (χ2n) is 4.85. The highest BCUT2D eigenvalue weighted by atomic mass is 16.1. The summed E-state index contributed by atoms with van der Waals surface area (Å²) in [5, 5.41) is 2.97. The van der Waals surface area contributed by atoms with Gasteiger partial charge in [-0.25, -0.2) is 4.98 Å². The normalized spacial score (nSPS) is 11.0. The minimum Gasteiger partial charge on any atom is -0.324 e. The third-order valence-corrected chi connectivity index (χ3v) is 3.32. The quantitative estimate of drug-likeness (QED) is 0.514. The van der Waals surface area contributed by atoms with Crippen LogP contribution in [-0.2, 0) is 0 Å². The molecule has 0 aliphatic carbocycles. The third-order valence-electron chi connectivity index (χ3n) is 3.32. The third kappa shape index (κ3) is 2.31. The summed E-state index contributed by atoms with van der Waals surface area (Å²) < 4.78 is 0. The van der Waals surface area contributed by atoms with E-state index in [9.17, 15) is 9.59 Å². The maximum Gasteiger partial charge on any atom is 0.282 e. The number of H-pyrrole nitrogens is 2. The lowest BCUT2D eigenvalue weighted by atomic mass is 10.3. The van der Waals surface area contributed by atoms with Crippen molar-refractivity contribution in [2.45, 2.75) is 0 Å². The van der Waals surface area contributed by atoms with Crippen molar-refractivity contribution >= 4 is 33.8 Å². The first-order valence-electron chi connectivity index (χ1n) is 6.82. The number of anilines is 2. The van der Waals surface area contributed by atoms with Crippen molar-refractivity contribution in [3.05, 3.63) is 63.3 Å². The van der Waals surface area contributed by atoms with E-state index in [2.05, 4.69) is 30.2 Å². The molecule has 3 aromatic heterocycles. The van der Waals surface area contributed by atoms with Gasteiger partial charge in [-0.1, -0.05) is 12.1 Å². The molecule has 1 aromatic carbocycles. The Morgan fingerprint density at radius 3 is 2.61 bits per heavy atom. The molecule has 0 aliphatic heterocycles. The van der Waals surface area contributed by atoms with Crippen LogP contribution >= 0.6 is 0 Å². The van der Waals surface area contributed by atoms with Gasteiger partial charge in [0.25, 0.3) is 11.1 Å². The molecule has 0 fully saturated rings. The van der Waals surface area contributed by atoms with Crippen molar-refractivity contribution < 1.29 is 0 Å². The van der Waals surface area contributed by atoms with Crippen molar-refractivity contribution in [2.24, 2.45) is 0 Å². The second-order valence-corrected chi connectivity index (χ2v) is 4.85. The van der Waals surface area contributed by atoms with Gasteiger partial charge < -0.3 is 4.98 Å². The fourth-order valence-corrected chi connectivity index (χ4v) is 2.30. The van der Waals surface area contributed by atoms with Gasteiger partial charge in [-0.05, 0) is 24.3 Å². The zero-order chi connectivity index (χ0) is 15.8. The molecule has 0 spiro atoms. The summed E-state index contributed by atoms with van der Waals surface area (Å²) in [5.74, 6) is 0.369. The van der Waals surface area contributed by atoms with E-state index in [-0.39, 0.29) is 16.9 Å². The van der Waals surface area contributed by atoms with E-state index in [0.29, 0.717) is 5.95 Å². The molecular formula is C15H10N6O2. The number of hydrogen-bond donors (Lipinski definition) is 3. The first-order chi connectivity index (χ1) is 11.2. The van der Waals surface area contributed by atoms with E-state index < -0.39 is 11.1 Å². The molecule has 3 N–H and O–H groups in total. The molecule has 0 saturated carbocycles. The molecule has 0 bridgehead atoms. The van der Waals surface area contributed by atoms with Gasteiger partial charge in [0.05, 0.1) is 16.4 Å². The van der Waals surface area contributed by atoms with Gasteiger partial charge >= 0.3 is 0 Å². The van der Waals surface area contributed by atoms with E-state index in [1.54, 1.807) is 6.07 Å². The number of hydrogen-bond acceptors (Lipinski definition) is 6. The lowest BCUT2D eigenvalue weighted by molar-refractivity contribution is 1.13. The molecule has 8 heteroatoms. The maximum atomic E-state index is 12.1. The summed E-state index contributed by atoms with van der Waals surface area (Å²) in [4.78, 5) is 41.9. The van der Waals surface area contributed by atoms with Crippen LogP contribution in [-0.4, -0.2) is 24.9 Å². The van der Waals surface area contributed by atoms with E-state index in [0.717, 1.165) is 11.0 Å². The molecule has 0 saturated heterocycles. The van der Waals surface area contributed by atoms with Crippen LogP contribution in [0.15, 0.2) is 52.2 Å². The molecular weight excluding hydrogens is 296 g/mol.